The van der Waals surface area contributed by atoms with E-state index >= 15 is 0 Å². The molecule has 1 aliphatic rings. The number of carbonyl (C=O) groups excluding carboxylic acids is 2. The van der Waals surface area contributed by atoms with Crippen LogP contribution in [0.15, 0.2) is 24.3 Å². The van der Waals surface area contributed by atoms with E-state index in [1.807, 2.05) is 24.3 Å². The smallest absolute Gasteiger partial charge is 0.232 e. The highest BCUT2D eigenvalue weighted by Crippen LogP contribution is 2.19. The van der Waals surface area contributed by atoms with E-state index in [0.29, 0.717) is 19.4 Å². The number of nitrogens with zero attached hydrogens (tertiary/aromatic N) is 1. The largest absolute Gasteiger partial charge is 0.399 e. The predicted molar refractivity (Wildman–Crippen MR) is 65.1 cm³/mol. The number of likely N-dealkylation sites (tertiary alicyclic amines) is 1. The predicted octanol–water partition coefficient (Wildman–Crippen LogP) is 1.21. The van der Waals surface area contributed by atoms with Gasteiger partial charge in [0.05, 0.1) is 0 Å². The molecule has 0 spiro atoms. The van der Waals surface area contributed by atoms with Gasteiger partial charge in [-0.3, -0.25) is 14.5 Å². The van der Waals surface area contributed by atoms with Gasteiger partial charge in [0.2, 0.25) is 11.8 Å². The Morgan fingerprint density at radius 3 is 2.47 bits per heavy atom. The molecular weight excluding hydrogens is 216 g/mol. The van der Waals surface area contributed by atoms with Crippen LogP contribution >= 0.6 is 0 Å². The van der Waals surface area contributed by atoms with Crippen molar-refractivity contribution in [1.29, 1.82) is 0 Å². The van der Waals surface area contributed by atoms with Crippen LogP contribution in [0.1, 0.15) is 18.9 Å². The monoisotopic (exact) mass is 232 g/mol. The molecule has 0 saturated carbocycles. The maximum atomic E-state index is 11.7. The topological polar surface area (TPSA) is 63.4 Å². The molecule has 2 amide bonds. The van der Waals surface area contributed by atoms with Gasteiger partial charge in [0, 0.05) is 24.6 Å². The van der Waals surface area contributed by atoms with Crippen molar-refractivity contribution in [3.8, 4) is 0 Å². The normalized spacial score (nSPS) is 20.1. The van der Waals surface area contributed by atoms with E-state index in [1.165, 1.54) is 4.90 Å². The van der Waals surface area contributed by atoms with Gasteiger partial charge in [-0.2, -0.15) is 0 Å². The lowest BCUT2D eigenvalue weighted by Crippen LogP contribution is -2.32. The Balaban J connectivity index is 1.96. The highest BCUT2D eigenvalue weighted by molar-refractivity contribution is 6.03. The molecule has 1 unspecified atom stereocenters. The Labute approximate surface area is 100 Å². The summed E-state index contributed by atoms with van der Waals surface area (Å²) in [6.07, 6.45) is 1.03. The van der Waals surface area contributed by atoms with E-state index in [-0.39, 0.29) is 17.7 Å². The number of carbonyl (C=O) groups is 2. The number of amides is 2. The number of rotatable bonds is 3. The van der Waals surface area contributed by atoms with E-state index in [9.17, 15) is 9.59 Å². The van der Waals surface area contributed by atoms with Crippen LogP contribution in [0.3, 0.4) is 0 Å². The van der Waals surface area contributed by atoms with Crippen LogP contribution in [0, 0.1) is 5.92 Å². The molecule has 1 fully saturated rings. The number of anilines is 1. The average Bonchev–Trinajstić information content (AvgIpc) is 2.54. The summed E-state index contributed by atoms with van der Waals surface area (Å²) in [6.45, 7) is 2.26. The molecule has 0 aliphatic carbocycles. The molecule has 90 valence electrons. The first-order chi connectivity index (χ1) is 8.08. The van der Waals surface area contributed by atoms with E-state index in [0.717, 1.165) is 11.3 Å². The van der Waals surface area contributed by atoms with Gasteiger partial charge in [0.1, 0.15) is 0 Å². The number of nitrogen functional groups attached to an aromatic ring is 1. The minimum Gasteiger partial charge on any atom is -0.399 e. The third-order valence-corrected chi connectivity index (χ3v) is 3.07. The fourth-order valence-electron chi connectivity index (χ4n) is 2.01. The summed E-state index contributed by atoms with van der Waals surface area (Å²) in [5.41, 5.74) is 7.39. The standard InChI is InChI=1S/C13H16N2O2/c1-9-8-12(16)15(13(9)17)7-6-10-2-4-11(14)5-3-10/h2-5,9H,6-8,14H2,1H3. The highest BCUT2D eigenvalue weighted by atomic mass is 16.2. The molecule has 0 aromatic heterocycles. The van der Waals surface area contributed by atoms with Crippen LogP contribution in [0.5, 0.6) is 0 Å². The van der Waals surface area contributed by atoms with Gasteiger partial charge in [0.25, 0.3) is 0 Å². The highest BCUT2D eigenvalue weighted by Gasteiger charge is 2.34. The Hall–Kier alpha value is -1.84. The molecule has 4 nitrogen and oxygen atoms in total. The van der Waals surface area contributed by atoms with Crippen LogP contribution < -0.4 is 5.73 Å². The van der Waals surface area contributed by atoms with Gasteiger partial charge in [-0.1, -0.05) is 19.1 Å². The molecule has 1 aromatic carbocycles. The van der Waals surface area contributed by atoms with Crippen LogP contribution in [-0.2, 0) is 16.0 Å². The minimum absolute atomic E-state index is 0.0505. The number of benzene rings is 1. The van der Waals surface area contributed by atoms with E-state index < -0.39 is 0 Å². The first-order valence-electron chi connectivity index (χ1n) is 5.76. The third kappa shape index (κ3) is 2.46. The minimum atomic E-state index is -0.158. The second-order valence-electron chi connectivity index (χ2n) is 4.48. The van der Waals surface area contributed by atoms with Crippen molar-refractivity contribution < 1.29 is 9.59 Å². The molecule has 17 heavy (non-hydrogen) atoms. The SMILES string of the molecule is CC1CC(=O)N(CCc2ccc(N)cc2)C1=O. The van der Waals surface area contributed by atoms with Gasteiger partial charge < -0.3 is 5.73 Å². The van der Waals surface area contributed by atoms with Crippen molar-refractivity contribution in [1.82, 2.24) is 4.90 Å². The fourth-order valence-corrected chi connectivity index (χ4v) is 2.01. The first kappa shape index (κ1) is 11.6. The Morgan fingerprint density at radius 2 is 1.94 bits per heavy atom. The maximum absolute atomic E-state index is 11.7. The quantitative estimate of drug-likeness (QED) is 0.629. The lowest BCUT2D eigenvalue weighted by molar-refractivity contribution is -0.139. The summed E-state index contributed by atoms with van der Waals surface area (Å²) in [4.78, 5) is 24.6. The van der Waals surface area contributed by atoms with E-state index in [2.05, 4.69) is 0 Å². The zero-order chi connectivity index (χ0) is 12.4. The summed E-state index contributed by atoms with van der Waals surface area (Å²) >= 11 is 0. The van der Waals surface area contributed by atoms with Gasteiger partial charge in [-0.25, -0.2) is 0 Å². The van der Waals surface area contributed by atoms with E-state index in [1.54, 1.807) is 6.92 Å². The number of nitrogens with two attached hydrogens (primary N) is 1. The van der Waals surface area contributed by atoms with Crippen LogP contribution in [0.25, 0.3) is 0 Å². The molecule has 2 N–H and O–H groups in total. The summed E-state index contributed by atoms with van der Waals surface area (Å²) in [5.74, 6) is -0.266. The van der Waals surface area contributed by atoms with Gasteiger partial charge >= 0.3 is 0 Å². The molecule has 2 rings (SSSR count). The Bertz CT molecular complexity index is 439. The Morgan fingerprint density at radius 1 is 1.29 bits per heavy atom. The molecular formula is C13H16N2O2. The van der Waals surface area contributed by atoms with Crippen molar-refractivity contribution >= 4 is 17.5 Å². The van der Waals surface area contributed by atoms with Crippen molar-refractivity contribution in [3.63, 3.8) is 0 Å². The van der Waals surface area contributed by atoms with Gasteiger partial charge in [-0.15, -0.1) is 0 Å². The average molecular weight is 232 g/mol. The molecule has 1 saturated heterocycles. The molecule has 1 atom stereocenters. The molecule has 1 heterocycles. The van der Waals surface area contributed by atoms with Crippen molar-refractivity contribution in [2.24, 2.45) is 5.92 Å². The maximum Gasteiger partial charge on any atom is 0.232 e. The molecule has 1 aromatic rings. The number of imide groups is 1. The summed E-state index contributed by atoms with van der Waals surface area (Å²) in [5, 5.41) is 0. The lowest BCUT2D eigenvalue weighted by Gasteiger charge is -2.14. The molecule has 1 aliphatic heterocycles. The Kier molecular flexibility index (Phi) is 3.13. The third-order valence-electron chi connectivity index (χ3n) is 3.07. The zero-order valence-electron chi connectivity index (χ0n) is 9.85. The van der Waals surface area contributed by atoms with E-state index in [4.69, 9.17) is 5.73 Å². The first-order valence-corrected chi connectivity index (χ1v) is 5.76. The fraction of sp³-hybridized carbons (Fsp3) is 0.385. The van der Waals surface area contributed by atoms with Crippen LogP contribution in [0.2, 0.25) is 0 Å². The summed E-state index contributed by atoms with van der Waals surface area (Å²) < 4.78 is 0. The summed E-state index contributed by atoms with van der Waals surface area (Å²) in [7, 11) is 0. The molecule has 4 heteroatoms. The van der Waals surface area contributed by atoms with Crippen molar-refractivity contribution in [2.45, 2.75) is 19.8 Å². The van der Waals surface area contributed by atoms with Gasteiger partial charge in [0.15, 0.2) is 0 Å². The second-order valence-corrected chi connectivity index (χ2v) is 4.48. The van der Waals surface area contributed by atoms with Gasteiger partial charge in [-0.05, 0) is 24.1 Å². The lowest BCUT2D eigenvalue weighted by atomic mass is 10.1. The molecule has 0 bridgehead atoms. The molecule has 0 radical (unpaired) electrons. The number of hydrogen-bond acceptors (Lipinski definition) is 3. The summed E-state index contributed by atoms with van der Waals surface area (Å²) in [6, 6.07) is 7.49. The van der Waals surface area contributed by atoms with Crippen molar-refractivity contribution in [2.75, 3.05) is 12.3 Å². The second kappa shape index (κ2) is 4.57. The van der Waals surface area contributed by atoms with Crippen LogP contribution in [-0.4, -0.2) is 23.3 Å². The van der Waals surface area contributed by atoms with Crippen molar-refractivity contribution in [3.05, 3.63) is 29.8 Å². The zero-order valence-corrected chi connectivity index (χ0v) is 9.85. The van der Waals surface area contributed by atoms with Crippen LogP contribution in [0.4, 0.5) is 5.69 Å². The number of hydrogen-bond donors (Lipinski definition) is 1.